The molecule has 0 atom stereocenters. The highest BCUT2D eigenvalue weighted by atomic mass is 16.6. The van der Waals surface area contributed by atoms with Crippen molar-refractivity contribution in [1.29, 1.82) is 0 Å². The molecule has 22 heavy (non-hydrogen) atoms. The van der Waals surface area contributed by atoms with Gasteiger partial charge in [-0.2, -0.15) is 0 Å². The SMILES string of the molecule is Cc1ccc(Nc2ncnc(NC(C)C)c2[N+](=O)[O-])c(C)c1. The van der Waals surface area contributed by atoms with Gasteiger partial charge in [0.25, 0.3) is 0 Å². The number of nitrogens with zero attached hydrogens (tertiary/aromatic N) is 3. The zero-order chi connectivity index (χ0) is 16.3. The van der Waals surface area contributed by atoms with Crippen molar-refractivity contribution in [2.24, 2.45) is 0 Å². The second-order valence-corrected chi connectivity index (χ2v) is 5.42. The van der Waals surface area contributed by atoms with Crippen molar-refractivity contribution < 1.29 is 4.92 Å². The minimum absolute atomic E-state index is 0.0301. The lowest BCUT2D eigenvalue weighted by Gasteiger charge is -2.13. The van der Waals surface area contributed by atoms with E-state index in [9.17, 15) is 10.1 Å². The smallest absolute Gasteiger partial charge is 0.353 e. The van der Waals surface area contributed by atoms with Gasteiger partial charge in [0.05, 0.1) is 4.92 Å². The molecule has 2 N–H and O–H groups in total. The predicted octanol–water partition coefficient (Wildman–Crippen LogP) is 3.57. The van der Waals surface area contributed by atoms with E-state index in [-0.39, 0.29) is 23.4 Å². The van der Waals surface area contributed by atoms with Crippen LogP contribution in [0, 0.1) is 24.0 Å². The van der Waals surface area contributed by atoms with Crippen LogP contribution in [0.2, 0.25) is 0 Å². The quantitative estimate of drug-likeness (QED) is 0.648. The molecule has 1 aromatic carbocycles. The van der Waals surface area contributed by atoms with Crippen molar-refractivity contribution in [2.75, 3.05) is 10.6 Å². The summed E-state index contributed by atoms with van der Waals surface area (Å²) in [6.45, 7) is 7.72. The molecule has 7 heteroatoms. The van der Waals surface area contributed by atoms with Crippen LogP contribution in [0.4, 0.5) is 23.0 Å². The van der Waals surface area contributed by atoms with Crippen molar-refractivity contribution in [3.63, 3.8) is 0 Å². The Labute approximate surface area is 129 Å². The first-order chi connectivity index (χ1) is 10.4. The largest absolute Gasteiger partial charge is 0.362 e. The zero-order valence-corrected chi connectivity index (χ0v) is 13.0. The molecule has 0 radical (unpaired) electrons. The highest BCUT2D eigenvalue weighted by molar-refractivity contribution is 5.74. The second-order valence-electron chi connectivity index (χ2n) is 5.42. The van der Waals surface area contributed by atoms with Gasteiger partial charge in [0, 0.05) is 11.7 Å². The molecule has 0 spiro atoms. The van der Waals surface area contributed by atoms with Crippen molar-refractivity contribution in [1.82, 2.24) is 9.97 Å². The molecule has 0 unspecified atom stereocenters. The topological polar surface area (TPSA) is 93.0 Å². The van der Waals surface area contributed by atoms with Crippen molar-refractivity contribution >= 4 is 23.0 Å². The van der Waals surface area contributed by atoms with E-state index in [1.165, 1.54) is 6.33 Å². The lowest BCUT2D eigenvalue weighted by molar-refractivity contribution is -0.383. The summed E-state index contributed by atoms with van der Waals surface area (Å²) < 4.78 is 0. The summed E-state index contributed by atoms with van der Waals surface area (Å²) in [5.74, 6) is 0.386. The fourth-order valence-electron chi connectivity index (χ4n) is 2.10. The average Bonchev–Trinajstić information content (AvgIpc) is 2.41. The van der Waals surface area contributed by atoms with Crippen LogP contribution in [-0.4, -0.2) is 20.9 Å². The third-order valence-corrected chi connectivity index (χ3v) is 3.07. The minimum atomic E-state index is -0.476. The van der Waals surface area contributed by atoms with Crippen molar-refractivity contribution in [3.05, 3.63) is 45.8 Å². The van der Waals surface area contributed by atoms with Gasteiger partial charge in [-0.05, 0) is 39.3 Å². The molecular formula is C15H19N5O2. The third-order valence-electron chi connectivity index (χ3n) is 3.07. The number of hydrogen-bond acceptors (Lipinski definition) is 6. The minimum Gasteiger partial charge on any atom is -0.362 e. The molecule has 0 saturated carbocycles. The maximum absolute atomic E-state index is 11.4. The van der Waals surface area contributed by atoms with E-state index < -0.39 is 4.92 Å². The van der Waals surface area contributed by atoms with Crippen LogP contribution in [0.15, 0.2) is 24.5 Å². The second kappa shape index (κ2) is 6.38. The number of nitro groups is 1. The molecule has 0 aliphatic heterocycles. The van der Waals surface area contributed by atoms with Gasteiger partial charge in [0.15, 0.2) is 0 Å². The molecule has 0 bridgehead atoms. The number of benzene rings is 1. The number of hydrogen-bond donors (Lipinski definition) is 2. The van der Waals surface area contributed by atoms with Gasteiger partial charge in [-0.1, -0.05) is 17.7 Å². The molecule has 2 aromatic rings. The summed E-state index contributed by atoms with van der Waals surface area (Å²) in [6.07, 6.45) is 1.31. The molecule has 0 aliphatic rings. The maximum Gasteiger partial charge on any atom is 0.353 e. The van der Waals surface area contributed by atoms with Gasteiger partial charge in [0.1, 0.15) is 6.33 Å². The monoisotopic (exact) mass is 301 g/mol. The summed E-state index contributed by atoms with van der Waals surface area (Å²) in [4.78, 5) is 18.9. The Bertz CT molecular complexity index is 700. The number of aryl methyl sites for hydroxylation is 2. The molecule has 1 aromatic heterocycles. The lowest BCUT2D eigenvalue weighted by atomic mass is 10.1. The van der Waals surface area contributed by atoms with Crippen molar-refractivity contribution in [3.8, 4) is 0 Å². The number of nitrogens with one attached hydrogen (secondary N) is 2. The number of anilines is 3. The molecule has 0 saturated heterocycles. The van der Waals surface area contributed by atoms with Crippen LogP contribution >= 0.6 is 0 Å². The van der Waals surface area contributed by atoms with E-state index in [2.05, 4.69) is 20.6 Å². The Balaban J connectivity index is 2.44. The highest BCUT2D eigenvalue weighted by Crippen LogP contribution is 2.32. The van der Waals surface area contributed by atoms with Crippen LogP contribution in [0.25, 0.3) is 0 Å². The molecule has 2 rings (SSSR count). The third kappa shape index (κ3) is 3.49. The predicted molar refractivity (Wildman–Crippen MR) is 86.6 cm³/mol. The summed E-state index contributed by atoms with van der Waals surface area (Å²) in [5.41, 5.74) is 2.74. The van der Waals surface area contributed by atoms with Gasteiger partial charge >= 0.3 is 5.69 Å². The zero-order valence-electron chi connectivity index (χ0n) is 13.0. The Hall–Kier alpha value is -2.70. The molecule has 1 heterocycles. The van der Waals surface area contributed by atoms with E-state index in [0.717, 1.165) is 16.8 Å². The van der Waals surface area contributed by atoms with E-state index in [0.29, 0.717) is 0 Å². The normalized spacial score (nSPS) is 10.6. The number of aromatic nitrogens is 2. The van der Waals surface area contributed by atoms with E-state index >= 15 is 0 Å². The van der Waals surface area contributed by atoms with Crippen molar-refractivity contribution in [2.45, 2.75) is 33.7 Å². The highest BCUT2D eigenvalue weighted by Gasteiger charge is 2.23. The molecule has 0 fully saturated rings. The van der Waals surface area contributed by atoms with Crippen LogP contribution in [0.1, 0.15) is 25.0 Å². The Morgan fingerprint density at radius 1 is 1.18 bits per heavy atom. The fraction of sp³-hybridized carbons (Fsp3) is 0.333. The fourth-order valence-corrected chi connectivity index (χ4v) is 2.10. The Morgan fingerprint density at radius 2 is 1.86 bits per heavy atom. The average molecular weight is 301 g/mol. The van der Waals surface area contributed by atoms with E-state index in [1.54, 1.807) is 0 Å². The lowest BCUT2D eigenvalue weighted by Crippen LogP contribution is -2.14. The summed E-state index contributed by atoms with van der Waals surface area (Å²) in [7, 11) is 0. The van der Waals surface area contributed by atoms with Gasteiger partial charge < -0.3 is 10.6 Å². The summed E-state index contributed by atoms with van der Waals surface area (Å²) in [6, 6.07) is 5.85. The van der Waals surface area contributed by atoms with Gasteiger partial charge in [-0.25, -0.2) is 9.97 Å². The molecule has 0 aliphatic carbocycles. The van der Waals surface area contributed by atoms with E-state index in [1.807, 2.05) is 45.9 Å². The maximum atomic E-state index is 11.4. The van der Waals surface area contributed by atoms with Gasteiger partial charge in [0.2, 0.25) is 11.6 Å². The molecular weight excluding hydrogens is 282 g/mol. The molecule has 0 amide bonds. The van der Waals surface area contributed by atoms with Gasteiger partial charge in [-0.3, -0.25) is 10.1 Å². The van der Waals surface area contributed by atoms with Gasteiger partial charge in [-0.15, -0.1) is 0 Å². The first kappa shape index (κ1) is 15.7. The van der Waals surface area contributed by atoms with Crippen LogP contribution in [0.3, 0.4) is 0 Å². The van der Waals surface area contributed by atoms with E-state index in [4.69, 9.17) is 0 Å². The summed E-state index contributed by atoms with van der Waals surface area (Å²) in [5, 5.41) is 17.4. The molecule has 7 nitrogen and oxygen atoms in total. The molecule has 116 valence electrons. The van der Waals surface area contributed by atoms with Crippen LogP contribution in [0.5, 0.6) is 0 Å². The summed E-state index contributed by atoms with van der Waals surface area (Å²) >= 11 is 0. The Morgan fingerprint density at radius 3 is 2.45 bits per heavy atom. The standard InChI is InChI=1S/C15H19N5O2/c1-9(2)18-14-13(20(21)22)15(17-8-16-14)19-12-6-5-10(3)7-11(12)4/h5-9H,1-4H3,(H2,16,17,18,19). The Kier molecular flexibility index (Phi) is 4.55. The number of rotatable bonds is 5. The first-order valence-electron chi connectivity index (χ1n) is 6.98. The first-order valence-corrected chi connectivity index (χ1v) is 6.98. The van der Waals surface area contributed by atoms with Crippen LogP contribution < -0.4 is 10.6 Å². The van der Waals surface area contributed by atoms with Crippen LogP contribution in [-0.2, 0) is 0 Å².